The van der Waals surface area contributed by atoms with E-state index < -0.39 is 0 Å². The molecule has 2 nitrogen and oxygen atoms in total. The van der Waals surface area contributed by atoms with Gasteiger partial charge in [-0.15, -0.1) is 6.42 Å². The molecule has 1 aromatic carbocycles. The smallest absolute Gasteiger partial charge is 0.120 e. The molecular weight excluding hydrogens is 210 g/mol. The molecule has 0 bridgehead atoms. The van der Waals surface area contributed by atoms with Crippen LogP contribution in [0.25, 0.3) is 0 Å². The maximum Gasteiger partial charge on any atom is 0.120 e. The predicted octanol–water partition coefficient (Wildman–Crippen LogP) is 2.98. The Morgan fingerprint density at radius 1 is 1.41 bits per heavy atom. The van der Waals surface area contributed by atoms with Crippen molar-refractivity contribution >= 4 is 0 Å². The number of ether oxygens (including phenoxy) is 1. The molecule has 1 N–H and O–H groups in total. The normalized spacial score (nSPS) is 12.2. The van der Waals surface area contributed by atoms with E-state index in [9.17, 15) is 0 Å². The Balaban J connectivity index is 2.57. The minimum atomic E-state index is 0.143. The molecule has 0 radical (unpaired) electrons. The van der Waals surface area contributed by atoms with E-state index >= 15 is 0 Å². The van der Waals surface area contributed by atoms with Crippen LogP contribution in [0.5, 0.6) is 5.75 Å². The van der Waals surface area contributed by atoms with Gasteiger partial charge in [-0.3, -0.25) is 5.32 Å². The molecule has 1 unspecified atom stereocenters. The zero-order chi connectivity index (χ0) is 12.7. The van der Waals surface area contributed by atoms with Crippen LogP contribution in [0.2, 0.25) is 0 Å². The van der Waals surface area contributed by atoms with E-state index in [1.54, 1.807) is 0 Å². The van der Waals surface area contributed by atoms with Gasteiger partial charge in [0.05, 0.1) is 12.1 Å². The first-order valence-electron chi connectivity index (χ1n) is 6.10. The highest BCUT2D eigenvalue weighted by atomic mass is 16.5. The van der Waals surface area contributed by atoms with Gasteiger partial charge in [-0.25, -0.2) is 0 Å². The lowest BCUT2D eigenvalue weighted by atomic mass is 10.2. The first-order chi connectivity index (χ1) is 8.15. The molecule has 17 heavy (non-hydrogen) atoms. The van der Waals surface area contributed by atoms with Gasteiger partial charge >= 0.3 is 0 Å². The van der Waals surface area contributed by atoms with E-state index in [-0.39, 0.29) is 12.1 Å². The lowest BCUT2D eigenvalue weighted by Gasteiger charge is -2.13. The van der Waals surface area contributed by atoms with Gasteiger partial charge in [-0.2, -0.15) is 0 Å². The van der Waals surface area contributed by atoms with E-state index in [0.29, 0.717) is 0 Å². The van der Waals surface area contributed by atoms with Gasteiger partial charge in [0, 0.05) is 6.54 Å². The Morgan fingerprint density at radius 3 is 2.76 bits per heavy atom. The summed E-state index contributed by atoms with van der Waals surface area (Å²) in [6.07, 6.45) is 6.55. The number of hydrogen-bond acceptors (Lipinski definition) is 2. The van der Waals surface area contributed by atoms with Gasteiger partial charge in [0.15, 0.2) is 0 Å². The predicted molar refractivity (Wildman–Crippen MR) is 72.0 cm³/mol. The van der Waals surface area contributed by atoms with Crippen LogP contribution >= 0.6 is 0 Å². The third kappa shape index (κ3) is 4.93. The highest BCUT2D eigenvalue weighted by Gasteiger charge is 2.02. The summed E-state index contributed by atoms with van der Waals surface area (Å²) in [6.45, 7) is 6.90. The molecule has 92 valence electrons. The van der Waals surface area contributed by atoms with Crippen molar-refractivity contribution in [2.24, 2.45) is 0 Å². The van der Waals surface area contributed by atoms with Crippen LogP contribution in [0, 0.1) is 12.3 Å². The minimum Gasteiger partial charge on any atom is -0.491 e. The summed E-state index contributed by atoms with van der Waals surface area (Å²) in [7, 11) is 0. The molecule has 0 heterocycles. The Bertz CT molecular complexity index is 379. The second-order valence-electron chi connectivity index (χ2n) is 4.32. The lowest BCUT2D eigenvalue weighted by molar-refractivity contribution is 0.242. The van der Waals surface area contributed by atoms with E-state index in [4.69, 9.17) is 11.2 Å². The minimum absolute atomic E-state index is 0.143. The Hall–Kier alpha value is -1.46. The molecule has 0 aliphatic heterocycles. The van der Waals surface area contributed by atoms with Gasteiger partial charge in [-0.1, -0.05) is 25.0 Å². The number of hydrogen-bond donors (Lipinski definition) is 1. The molecule has 0 aromatic heterocycles. The van der Waals surface area contributed by atoms with Crippen molar-refractivity contribution in [3.8, 4) is 18.1 Å². The Kier molecular flexibility index (Phi) is 5.59. The van der Waals surface area contributed by atoms with Crippen LogP contribution < -0.4 is 10.1 Å². The van der Waals surface area contributed by atoms with Gasteiger partial charge < -0.3 is 4.74 Å². The van der Waals surface area contributed by atoms with Crippen LogP contribution in [0.4, 0.5) is 0 Å². The zero-order valence-electron chi connectivity index (χ0n) is 10.9. The van der Waals surface area contributed by atoms with Gasteiger partial charge in [0.1, 0.15) is 5.75 Å². The first kappa shape index (κ1) is 13.6. The molecule has 1 atom stereocenters. The van der Waals surface area contributed by atoms with Crippen LogP contribution in [0.3, 0.4) is 0 Å². The highest BCUT2D eigenvalue weighted by molar-refractivity contribution is 5.28. The zero-order valence-corrected chi connectivity index (χ0v) is 10.9. The molecule has 0 aliphatic rings. The summed E-state index contributed by atoms with van der Waals surface area (Å²) in [6, 6.07) is 8.25. The standard InChI is InChI=1S/C15H21NO/c1-5-14(6-2)16-11-13-8-7-9-15(10-13)17-12(3)4/h1,7-10,12,14,16H,6,11H2,2-4H3. The fraction of sp³-hybridized carbons (Fsp3) is 0.467. The van der Waals surface area contributed by atoms with E-state index in [1.165, 1.54) is 5.56 Å². The molecule has 0 aliphatic carbocycles. The van der Waals surface area contributed by atoms with E-state index in [2.05, 4.69) is 30.3 Å². The van der Waals surface area contributed by atoms with Crippen molar-refractivity contribution in [1.82, 2.24) is 5.32 Å². The van der Waals surface area contributed by atoms with Crippen LogP contribution in [-0.2, 0) is 6.54 Å². The van der Waals surface area contributed by atoms with E-state index in [1.807, 2.05) is 26.0 Å². The lowest BCUT2D eigenvalue weighted by Crippen LogP contribution is -2.26. The van der Waals surface area contributed by atoms with Crippen LogP contribution in [-0.4, -0.2) is 12.1 Å². The van der Waals surface area contributed by atoms with Crippen molar-refractivity contribution in [2.75, 3.05) is 0 Å². The molecule has 0 fully saturated rings. The number of benzene rings is 1. The fourth-order valence-corrected chi connectivity index (χ4v) is 1.56. The average Bonchev–Trinajstić information content (AvgIpc) is 2.30. The van der Waals surface area contributed by atoms with Crippen molar-refractivity contribution in [3.05, 3.63) is 29.8 Å². The van der Waals surface area contributed by atoms with Crippen molar-refractivity contribution in [2.45, 2.75) is 45.9 Å². The third-order valence-electron chi connectivity index (χ3n) is 2.43. The van der Waals surface area contributed by atoms with Crippen molar-refractivity contribution in [3.63, 3.8) is 0 Å². The molecule has 0 saturated carbocycles. The summed E-state index contributed by atoms with van der Waals surface area (Å²) >= 11 is 0. The maximum atomic E-state index is 5.65. The van der Waals surface area contributed by atoms with E-state index in [0.717, 1.165) is 18.7 Å². The molecule has 0 amide bonds. The summed E-state index contributed by atoms with van der Waals surface area (Å²) < 4.78 is 5.65. The largest absolute Gasteiger partial charge is 0.491 e. The topological polar surface area (TPSA) is 21.3 Å². The first-order valence-corrected chi connectivity index (χ1v) is 6.10. The second-order valence-corrected chi connectivity index (χ2v) is 4.32. The summed E-state index contributed by atoms with van der Waals surface area (Å²) in [5.41, 5.74) is 1.19. The van der Waals surface area contributed by atoms with Crippen molar-refractivity contribution in [1.29, 1.82) is 0 Å². The van der Waals surface area contributed by atoms with Crippen LogP contribution in [0.15, 0.2) is 24.3 Å². The number of rotatable bonds is 6. The maximum absolute atomic E-state index is 5.65. The SMILES string of the molecule is C#CC(CC)NCc1cccc(OC(C)C)c1. The molecule has 2 heteroatoms. The number of terminal acetylenes is 1. The Labute approximate surface area is 104 Å². The Morgan fingerprint density at radius 2 is 2.18 bits per heavy atom. The molecule has 0 saturated heterocycles. The van der Waals surface area contributed by atoms with Gasteiger partial charge in [-0.05, 0) is 38.0 Å². The molecule has 1 rings (SSSR count). The molecular formula is C15H21NO. The summed E-state index contributed by atoms with van der Waals surface area (Å²) in [4.78, 5) is 0. The quantitative estimate of drug-likeness (QED) is 0.760. The monoisotopic (exact) mass is 231 g/mol. The second kappa shape index (κ2) is 6.98. The average molecular weight is 231 g/mol. The van der Waals surface area contributed by atoms with Crippen molar-refractivity contribution < 1.29 is 4.74 Å². The summed E-state index contributed by atoms with van der Waals surface area (Å²) in [5.74, 6) is 3.64. The number of nitrogens with one attached hydrogen (secondary N) is 1. The third-order valence-corrected chi connectivity index (χ3v) is 2.43. The van der Waals surface area contributed by atoms with Gasteiger partial charge in [0.2, 0.25) is 0 Å². The van der Waals surface area contributed by atoms with Crippen LogP contribution in [0.1, 0.15) is 32.8 Å². The fourth-order valence-electron chi connectivity index (χ4n) is 1.56. The molecule has 0 spiro atoms. The highest BCUT2D eigenvalue weighted by Crippen LogP contribution is 2.14. The van der Waals surface area contributed by atoms with Gasteiger partial charge in [0.25, 0.3) is 0 Å². The molecule has 1 aromatic rings. The summed E-state index contributed by atoms with van der Waals surface area (Å²) in [5, 5.41) is 3.32.